The largest absolute Gasteiger partial charge is 0.341 e. The predicted molar refractivity (Wildman–Crippen MR) is 73.6 cm³/mol. The third kappa shape index (κ3) is 1.52. The number of hydrogen-bond acceptors (Lipinski definition) is 2. The van der Waals surface area contributed by atoms with E-state index in [2.05, 4.69) is 15.6 Å². The molecule has 1 heterocycles. The van der Waals surface area contributed by atoms with E-state index in [4.69, 9.17) is 0 Å². The zero-order chi connectivity index (χ0) is 13.2. The number of guanidine groups is 1. The summed E-state index contributed by atoms with van der Waals surface area (Å²) in [6.45, 7) is 4.09. The van der Waals surface area contributed by atoms with Crippen LogP contribution < -0.4 is 10.6 Å². The van der Waals surface area contributed by atoms with Gasteiger partial charge in [0.15, 0.2) is 5.96 Å². The summed E-state index contributed by atoms with van der Waals surface area (Å²) < 4.78 is 0. The summed E-state index contributed by atoms with van der Waals surface area (Å²) >= 11 is 0. The number of nitrogens with one attached hydrogen (secondary N) is 2. The molecular formula is C15H23N3O. The quantitative estimate of drug-likeness (QED) is 0.754. The lowest BCUT2D eigenvalue weighted by molar-refractivity contribution is -0.140. The molecule has 4 bridgehead atoms. The molecule has 0 aromatic rings. The summed E-state index contributed by atoms with van der Waals surface area (Å²) in [5, 5.41) is 6.52. The average Bonchev–Trinajstić information content (AvgIpc) is 2.62. The zero-order valence-electron chi connectivity index (χ0n) is 11.8. The lowest BCUT2D eigenvalue weighted by atomic mass is 9.48. The number of carbonyl (C=O) groups excluding carboxylic acids is 1. The Bertz CT molecular complexity index is 426. The lowest BCUT2D eigenvalue weighted by Crippen LogP contribution is -2.66. The van der Waals surface area contributed by atoms with Crippen LogP contribution >= 0.6 is 0 Å². The van der Waals surface area contributed by atoms with E-state index in [-0.39, 0.29) is 17.5 Å². The zero-order valence-corrected chi connectivity index (χ0v) is 11.8. The Morgan fingerprint density at radius 2 is 1.68 bits per heavy atom. The molecule has 2 N–H and O–H groups in total. The molecule has 1 aliphatic heterocycles. The molecule has 1 spiro atoms. The van der Waals surface area contributed by atoms with E-state index in [1.54, 1.807) is 0 Å². The first-order valence-corrected chi connectivity index (χ1v) is 7.75. The van der Waals surface area contributed by atoms with E-state index in [0.29, 0.717) is 17.8 Å². The standard InChI is InChI=1S/C15H23N3O/c1-8(2)16-14-17-13(19)15(18-14)11-4-9-3-10(6-11)7-12(15)5-9/h8-12H,3-7H2,1-2H3,(H2,16,17,18,19). The van der Waals surface area contributed by atoms with Crippen molar-refractivity contribution in [3.05, 3.63) is 0 Å². The SMILES string of the molecule is CC(C)N=C1NC(=O)C2(N1)C1CC3CC(C1)CC2C3. The summed E-state index contributed by atoms with van der Waals surface area (Å²) in [4.78, 5) is 17.1. The minimum absolute atomic E-state index is 0.195. The van der Waals surface area contributed by atoms with Crippen molar-refractivity contribution < 1.29 is 4.79 Å². The number of hydrogen-bond donors (Lipinski definition) is 2. The second-order valence-electron chi connectivity index (χ2n) is 7.32. The van der Waals surface area contributed by atoms with E-state index in [0.717, 1.165) is 11.8 Å². The highest BCUT2D eigenvalue weighted by molar-refractivity contribution is 6.09. The van der Waals surface area contributed by atoms with Crippen LogP contribution in [0.2, 0.25) is 0 Å². The molecule has 4 nitrogen and oxygen atoms in total. The van der Waals surface area contributed by atoms with Gasteiger partial charge in [0.05, 0.1) is 0 Å². The minimum atomic E-state index is -0.318. The van der Waals surface area contributed by atoms with Crippen LogP contribution in [-0.4, -0.2) is 23.4 Å². The van der Waals surface area contributed by atoms with Crippen molar-refractivity contribution in [2.45, 2.75) is 57.5 Å². The van der Waals surface area contributed by atoms with Gasteiger partial charge in [0.25, 0.3) is 5.91 Å². The van der Waals surface area contributed by atoms with Crippen LogP contribution in [0.4, 0.5) is 0 Å². The molecule has 5 rings (SSSR count). The van der Waals surface area contributed by atoms with Gasteiger partial charge in [0.1, 0.15) is 5.54 Å². The highest BCUT2D eigenvalue weighted by atomic mass is 16.2. The van der Waals surface area contributed by atoms with Gasteiger partial charge in [0.2, 0.25) is 0 Å². The first kappa shape index (κ1) is 11.7. The molecule has 1 saturated heterocycles. The molecule has 0 aromatic heterocycles. The lowest BCUT2D eigenvalue weighted by Gasteiger charge is -2.58. The second kappa shape index (κ2) is 3.74. The Labute approximate surface area is 114 Å². The molecule has 1 amide bonds. The fourth-order valence-electron chi connectivity index (χ4n) is 5.32. The molecule has 4 saturated carbocycles. The summed E-state index contributed by atoms with van der Waals surface area (Å²) in [5.74, 6) is 3.74. The summed E-state index contributed by atoms with van der Waals surface area (Å²) in [6.07, 6.45) is 6.37. The normalized spacial score (nSPS) is 49.2. The maximum absolute atomic E-state index is 12.6. The van der Waals surface area contributed by atoms with Crippen molar-refractivity contribution in [3.63, 3.8) is 0 Å². The van der Waals surface area contributed by atoms with Crippen LogP contribution in [-0.2, 0) is 4.79 Å². The van der Waals surface area contributed by atoms with Gasteiger partial charge >= 0.3 is 0 Å². The monoisotopic (exact) mass is 261 g/mol. The average molecular weight is 261 g/mol. The van der Waals surface area contributed by atoms with Gasteiger partial charge in [-0.2, -0.15) is 0 Å². The first-order valence-electron chi connectivity index (χ1n) is 7.75. The molecule has 0 aromatic carbocycles. The van der Waals surface area contributed by atoms with Crippen molar-refractivity contribution >= 4 is 11.9 Å². The summed E-state index contributed by atoms with van der Waals surface area (Å²) in [6, 6.07) is 0.217. The van der Waals surface area contributed by atoms with E-state index in [9.17, 15) is 4.79 Å². The number of amides is 1. The summed E-state index contributed by atoms with van der Waals surface area (Å²) in [5.41, 5.74) is -0.318. The van der Waals surface area contributed by atoms with E-state index in [1.807, 2.05) is 13.8 Å². The Morgan fingerprint density at radius 3 is 2.21 bits per heavy atom. The second-order valence-corrected chi connectivity index (χ2v) is 7.32. The molecular weight excluding hydrogens is 238 g/mol. The van der Waals surface area contributed by atoms with Gasteiger partial charge in [-0.25, -0.2) is 0 Å². The molecule has 0 radical (unpaired) electrons. The van der Waals surface area contributed by atoms with Gasteiger partial charge in [-0.15, -0.1) is 0 Å². The van der Waals surface area contributed by atoms with Crippen LogP contribution in [0.15, 0.2) is 4.99 Å². The van der Waals surface area contributed by atoms with Crippen LogP contribution in [0.3, 0.4) is 0 Å². The van der Waals surface area contributed by atoms with Crippen LogP contribution in [0.25, 0.3) is 0 Å². The highest BCUT2D eigenvalue weighted by Gasteiger charge is 2.63. The molecule has 4 aliphatic carbocycles. The van der Waals surface area contributed by atoms with Gasteiger partial charge in [-0.1, -0.05) is 0 Å². The fraction of sp³-hybridized carbons (Fsp3) is 0.867. The van der Waals surface area contributed by atoms with Gasteiger partial charge in [-0.3, -0.25) is 15.1 Å². The Kier molecular flexibility index (Phi) is 2.31. The minimum Gasteiger partial charge on any atom is -0.341 e. The van der Waals surface area contributed by atoms with Gasteiger partial charge in [-0.05, 0) is 69.6 Å². The van der Waals surface area contributed by atoms with Crippen molar-refractivity contribution in [2.24, 2.45) is 28.7 Å². The van der Waals surface area contributed by atoms with E-state index in [1.165, 1.54) is 32.1 Å². The third-order valence-corrected chi connectivity index (χ3v) is 5.75. The molecule has 19 heavy (non-hydrogen) atoms. The van der Waals surface area contributed by atoms with E-state index < -0.39 is 0 Å². The Hall–Kier alpha value is -1.06. The topological polar surface area (TPSA) is 53.5 Å². The number of rotatable bonds is 1. The number of carbonyl (C=O) groups is 1. The molecule has 104 valence electrons. The number of aliphatic imine (C=N–C) groups is 1. The molecule has 0 unspecified atom stereocenters. The van der Waals surface area contributed by atoms with Crippen LogP contribution in [0, 0.1) is 23.7 Å². The van der Waals surface area contributed by atoms with Gasteiger partial charge < -0.3 is 5.32 Å². The van der Waals surface area contributed by atoms with Crippen molar-refractivity contribution in [3.8, 4) is 0 Å². The van der Waals surface area contributed by atoms with Crippen molar-refractivity contribution in [1.82, 2.24) is 10.6 Å². The molecule has 4 heteroatoms. The van der Waals surface area contributed by atoms with Gasteiger partial charge in [0, 0.05) is 6.04 Å². The molecule has 5 fully saturated rings. The Balaban J connectivity index is 1.69. The van der Waals surface area contributed by atoms with Crippen LogP contribution in [0.1, 0.15) is 46.0 Å². The van der Waals surface area contributed by atoms with E-state index >= 15 is 0 Å². The smallest absolute Gasteiger partial charge is 0.252 e. The Morgan fingerprint density at radius 1 is 1.11 bits per heavy atom. The third-order valence-electron chi connectivity index (χ3n) is 5.75. The summed E-state index contributed by atoms with van der Waals surface area (Å²) in [7, 11) is 0. The fourth-order valence-corrected chi connectivity index (χ4v) is 5.32. The maximum atomic E-state index is 12.6. The molecule has 0 atom stereocenters. The maximum Gasteiger partial charge on any atom is 0.252 e. The van der Waals surface area contributed by atoms with Crippen molar-refractivity contribution in [2.75, 3.05) is 0 Å². The van der Waals surface area contributed by atoms with Crippen molar-refractivity contribution in [1.29, 1.82) is 0 Å². The molecule has 5 aliphatic rings. The van der Waals surface area contributed by atoms with Crippen LogP contribution in [0.5, 0.6) is 0 Å². The number of nitrogens with zero attached hydrogens (tertiary/aromatic N) is 1. The highest BCUT2D eigenvalue weighted by Crippen LogP contribution is 2.58. The predicted octanol–water partition coefficient (Wildman–Crippen LogP) is 1.67. The first-order chi connectivity index (χ1) is 9.08.